The second-order valence-corrected chi connectivity index (χ2v) is 5.20. The first-order chi connectivity index (χ1) is 8.97. The number of ether oxygens (including phenoxy) is 1. The van der Waals surface area contributed by atoms with E-state index in [-0.39, 0.29) is 6.61 Å². The summed E-state index contributed by atoms with van der Waals surface area (Å²) in [4.78, 5) is 35.7. The summed E-state index contributed by atoms with van der Waals surface area (Å²) in [6, 6.07) is -2.20. The Balaban J connectivity index is 2.60. The molecule has 0 radical (unpaired) electrons. The van der Waals surface area contributed by atoms with Gasteiger partial charge in [0.1, 0.15) is 12.1 Å². The van der Waals surface area contributed by atoms with E-state index in [4.69, 9.17) is 9.84 Å². The smallest absolute Gasteiger partial charge is 0.328 e. The summed E-state index contributed by atoms with van der Waals surface area (Å²) in [7, 11) is 0. The van der Waals surface area contributed by atoms with Crippen LogP contribution in [-0.4, -0.2) is 64.7 Å². The third-order valence-corrected chi connectivity index (χ3v) is 3.68. The number of rotatable bonds is 4. The number of hydrogen-bond acceptors (Lipinski definition) is 5. The third kappa shape index (κ3) is 4.30. The number of thioether (sulfide) groups is 1. The quantitative estimate of drug-likeness (QED) is 0.716. The SMILES string of the molecule is CCOC(=O)C(C)NC(=O)N1CCSCC1C(=O)O. The number of carboxylic acids is 1. The molecule has 108 valence electrons. The fraction of sp³-hybridized carbons (Fsp3) is 0.727. The van der Waals surface area contributed by atoms with Crippen LogP contribution in [0.25, 0.3) is 0 Å². The molecular weight excluding hydrogens is 272 g/mol. The molecule has 0 aliphatic carbocycles. The van der Waals surface area contributed by atoms with E-state index in [0.29, 0.717) is 18.1 Å². The normalized spacial score (nSPS) is 20.5. The van der Waals surface area contributed by atoms with Gasteiger partial charge in [0.25, 0.3) is 0 Å². The van der Waals surface area contributed by atoms with Crippen molar-refractivity contribution in [3.63, 3.8) is 0 Å². The van der Waals surface area contributed by atoms with Crippen LogP contribution in [0.15, 0.2) is 0 Å². The summed E-state index contributed by atoms with van der Waals surface area (Å²) < 4.78 is 4.77. The van der Waals surface area contributed by atoms with Crippen molar-refractivity contribution in [2.45, 2.75) is 25.9 Å². The molecule has 1 aliphatic rings. The number of urea groups is 1. The molecule has 7 nitrogen and oxygen atoms in total. The van der Waals surface area contributed by atoms with Gasteiger partial charge in [-0.25, -0.2) is 14.4 Å². The fourth-order valence-corrected chi connectivity index (χ4v) is 2.68. The Hall–Kier alpha value is -1.44. The zero-order chi connectivity index (χ0) is 14.4. The summed E-state index contributed by atoms with van der Waals surface area (Å²) in [6.07, 6.45) is 0. The third-order valence-electron chi connectivity index (χ3n) is 2.65. The van der Waals surface area contributed by atoms with Crippen molar-refractivity contribution < 1.29 is 24.2 Å². The van der Waals surface area contributed by atoms with Gasteiger partial charge in [-0.05, 0) is 13.8 Å². The first kappa shape index (κ1) is 15.6. The number of hydrogen-bond donors (Lipinski definition) is 2. The molecule has 1 aliphatic heterocycles. The van der Waals surface area contributed by atoms with E-state index in [9.17, 15) is 14.4 Å². The lowest BCUT2D eigenvalue weighted by molar-refractivity contribution is -0.144. The maximum Gasteiger partial charge on any atom is 0.328 e. The molecule has 8 heteroatoms. The van der Waals surface area contributed by atoms with E-state index in [1.165, 1.54) is 23.6 Å². The second-order valence-electron chi connectivity index (χ2n) is 4.05. The molecular formula is C11H18N2O5S. The Kier molecular flexibility index (Phi) is 5.94. The fourth-order valence-electron chi connectivity index (χ4n) is 1.65. The van der Waals surface area contributed by atoms with Crippen molar-refractivity contribution in [1.29, 1.82) is 0 Å². The highest BCUT2D eigenvalue weighted by molar-refractivity contribution is 7.99. The Morgan fingerprint density at radius 1 is 1.53 bits per heavy atom. The minimum absolute atomic E-state index is 0.233. The average Bonchev–Trinajstić information content (AvgIpc) is 2.38. The number of carbonyl (C=O) groups is 3. The summed E-state index contributed by atoms with van der Waals surface area (Å²) in [5.74, 6) is -0.526. The first-order valence-corrected chi connectivity index (χ1v) is 7.17. The second kappa shape index (κ2) is 7.22. The maximum absolute atomic E-state index is 12.0. The van der Waals surface area contributed by atoms with Crippen molar-refractivity contribution in [3.8, 4) is 0 Å². The van der Waals surface area contributed by atoms with Crippen molar-refractivity contribution >= 4 is 29.7 Å². The van der Waals surface area contributed by atoms with Gasteiger partial charge in [0.2, 0.25) is 0 Å². The number of aliphatic carboxylic acids is 1. The Morgan fingerprint density at radius 3 is 2.79 bits per heavy atom. The predicted octanol–water partition coefficient (Wildman–Crippen LogP) is 0.150. The number of carbonyl (C=O) groups excluding carboxylic acids is 2. The van der Waals surface area contributed by atoms with E-state index in [0.717, 1.165) is 0 Å². The summed E-state index contributed by atoms with van der Waals surface area (Å²) >= 11 is 1.49. The van der Waals surface area contributed by atoms with Gasteiger partial charge in [0.15, 0.2) is 0 Å². The minimum atomic E-state index is -1.04. The lowest BCUT2D eigenvalue weighted by Crippen LogP contribution is -2.56. The molecule has 0 spiro atoms. The molecule has 2 N–H and O–H groups in total. The summed E-state index contributed by atoms with van der Waals surface area (Å²) in [6.45, 7) is 3.76. The summed E-state index contributed by atoms with van der Waals surface area (Å²) in [5.41, 5.74) is 0. The van der Waals surface area contributed by atoms with Crippen LogP contribution >= 0.6 is 11.8 Å². The van der Waals surface area contributed by atoms with Crippen LogP contribution in [0.1, 0.15) is 13.8 Å². The van der Waals surface area contributed by atoms with Crippen LogP contribution in [0.3, 0.4) is 0 Å². The van der Waals surface area contributed by atoms with E-state index in [2.05, 4.69) is 5.32 Å². The van der Waals surface area contributed by atoms with Gasteiger partial charge in [0, 0.05) is 18.1 Å². The molecule has 0 saturated carbocycles. The van der Waals surface area contributed by atoms with Crippen molar-refractivity contribution in [3.05, 3.63) is 0 Å². The van der Waals surface area contributed by atoms with Crippen molar-refractivity contribution in [2.24, 2.45) is 0 Å². The van der Waals surface area contributed by atoms with Crippen LogP contribution in [0.2, 0.25) is 0 Å². The minimum Gasteiger partial charge on any atom is -0.480 e. The van der Waals surface area contributed by atoms with Crippen LogP contribution in [0, 0.1) is 0 Å². The molecule has 1 rings (SSSR count). The molecule has 1 saturated heterocycles. The van der Waals surface area contributed by atoms with Gasteiger partial charge in [0.05, 0.1) is 6.61 Å². The highest BCUT2D eigenvalue weighted by Crippen LogP contribution is 2.16. The largest absolute Gasteiger partial charge is 0.480 e. The maximum atomic E-state index is 12.0. The molecule has 1 fully saturated rings. The molecule has 0 aromatic heterocycles. The zero-order valence-corrected chi connectivity index (χ0v) is 11.7. The molecule has 2 atom stereocenters. The van der Waals surface area contributed by atoms with Gasteiger partial charge >= 0.3 is 18.0 Å². The lowest BCUT2D eigenvalue weighted by Gasteiger charge is -2.33. The van der Waals surface area contributed by atoms with E-state index < -0.39 is 30.1 Å². The molecule has 1 heterocycles. The highest BCUT2D eigenvalue weighted by Gasteiger charge is 2.33. The monoisotopic (exact) mass is 290 g/mol. The number of carboxylic acid groups (broad SMARTS) is 1. The van der Waals surface area contributed by atoms with Crippen molar-refractivity contribution in [1.82, 2.24) is 10.2 Å². The Bertz CT molecular complexity index is 363. The van der Waals surface area contributed by atoms with Crippen molar-refractivity contribution in [2.75, 3.05) is 24.7 Å². The van der Waals surface area contributed by atoms with Gasteiger partial charge in [-0.1, -0.05) is 0 Å². The molecule has 0 aromatic rings. The van der Waals surface area contributed by atoms with E-state index >= 15 is 0 Å². The molecule has 2 unspecified atom stereocenters. The van der Waals surface area contributed by atoms with Gasteiger partial charge in [-0.15, -0.1) is 0 Å². The summed E-state index contributed by atoms with van der Waals surface area (Å²) in [5, 5.41) is 11.5. The Morgan fingerprint density at radius 2 is 2.21 bits per heavy atom. The number of nitrogens with zero attached hydrogens (tertiary/aromatic N) is 1. The number of amides is 2. The van der Waals surface area contributed by atoms with Crippen LogP contribution in [-0.2, 0) is 14.3 Å². The zero-order valence-electron chi connectivity index (χ0n) is 10.9. The molecule has 2 amide bonds. The van der Waals surface area contributed by atoms with Crippen LogP contribution < -0.4 is 5.32 Å². The lowest BCUT2D eigenvalue weighted by atomic mass is 10.3. The van der Waals surface area contributed by atoms with Gasteiger partial charge in [-0.3, -0.25) is 0 Å². The molecule has 0 bridgehead atoms. The van der Waals surface area contributed by atoms with Gasteiger partial charge in [-0.2, -0.15) is 11.8 Å². The Labute approximate surface area is 115 Å². The topological polar surface area (TPSA) is 95.9 Å². The van der Waals surface area contributed by atoms with E-state index in [1.807, 2.05) is 0 Å². The first-order valence-electron chi connectivity index (χ1n) is 6.01. The molecule has 19 heavy (non-hydrogen) atoms. The number of nitrogens with one attached hydrogen (secondary N) is 1. The van der Waals surface area contributed by atoms with E-state index in [1.54, 1.807) is 6.92 Å². The van der Waals surface area contributed by atoms with Crippen LogP contribution in [0.4, 0.5) is 4.79 Å². The molecule has 0 aromatic carbocycles. The predicted molar refractivity (Wildman–Crippen MR) is 70.1 cm³/mol. The van der Waals surface area contributed by atoms with Gasteiger partial charge < -0.3 is 20.1 Å². The number of esters is 1. The highest BCUT2D eigenvalue weighted by atomic mass is 32.2. The standard InChI is InChI=1S/C11H18N2O5S/c1-3-18-10(16)7(2)12-11(17)13-4-5-19-6-8(13)9(14)15/h7-8H,3-6H2,1-2H3,(H,12,17)(H,14,15). The van der Waals surface area contributed by atoms with Crippen LogP contribution in [0.5, 0.6) is 0 Å². The average molecular weight is 290 g/mol.